The number of phenols is 1. The number of likely N-dealkylation sites (N-methyl/N-ethyl adjacent to an activating group) is 1. The van der Waals surface area contributed by atoms with Crippen LogP contribution in [0, 0.1) is 11.8 Å². The van der Waals surface area contributed by atoms with E-state index in [-0.39, 0.29) is 30.2 Å². The lowest BCUT2D eigenvalue weighted by Crippen LogP contribution is -2.61. The number of fused-ring (bicyclic) bond motifs is 4. The zero-order valence-electron chi connectivity index (χ0n) is 40.8. The Morgan fingerprint density at radius 2 is 1.65 bits per heavy atom. The molecule has 4 heterocycles. The summed E-state index contributed by atoms with van der Waals surface area (Å²) in [5, 5.41) is 61.4. The van der Waals surface area contributed by atoms with E-state index in [1.165, 1.54) is 20.0 Å². The molecule has 0 spiro atoms. The predicted molar refractivity (Wildman–Crippen MR) is 262 cm³/mol. The van der Waals surface area contributed by atoms with Gasteiger partial charge in [-0.25, -0.2) is 0 Å². The Hall–Kier alpha value is -6.26. The van der Waals surface area contributed by atoms with Gasteiger partial charge >= 0.3 is 0 Å². The highest BCUT2D eigenvalue weighted by molar-refractivity contribution is 8.00. The van der Waals surface area contributed by atoms with Crippen molar-refractivity contribution in [1.82, 2.24) is 52.0 Å². The number of aromatic hydroxyl groups is 1. The number of carbonyl (C=O) groups excluding carboxylic acids is 9. The zero-order chi connectivity index (χ0) is 53.0. The van der Waals surface area contributed by atoms with Gasteiger partial charge in [0.1, 0.15) is 41.6 Å². The number of aliphatic hydroxyl groups is 3. The largest absolute Gasteiger partial charge is 0.506 e. The van der Waals surface area contributed by atoms with Crippen molar-refractivity contribution in [3.63, 3.8) is 0 Å². The fourth-order valence-corrected chi connectivity index (χ4v) is 9.81. The summed E-state index contributed by atoms with van der Waals surface area (Å²) in [5.41, 5.74) is 12.5. The molecule has 9 amide bonds. The fraction of sp³-hybridized carbons (Fsp3) is 0.622. The van der Waals surface area contributed by atoms with Crippen LogP contribution in [0.5, 0.6) is 5.75 Å². The fourth-order valence-electron chi connectivity index (χ4n) is 8.91. The molecule has 3 aliphatic heterocycles. The molecule has 1 aromatic carbocycles. The SMILES string of the molecule is CC[C@H](C)[C@H](NC(=O)CNC(=O)[C@H]1Cc2c([nH]c3c(N4CCN(CCN)CC4)c(O)ccc23)SCC(=O)N[C@@H](CC(N)=O)C(=O)N2C[C@H](O)C[C@H]2C(=O)N[C@@H]([C@@H](C)[C@@H](O)CO)C(=O)N1)C(=O)NCC(=O)NC. The maximum absolute atomic E-state index is 14.7. The molecule has 5 rings (SSSR count). The molecular formula is C45H69N13O13S. The second-order valence-electron chi connectivity index (χ2n) is 18.3. The number of piperazine rings is 1. The predicted octanol–water partition coefficient (Wildman–Crippen LogP) is -5.61. The van der Waals surface area contributed by atoms with Gasteiger partial charge in [0.25, 0.3) is 0 Å². The Morgan fingerprint density at radius 3 is 2.29 bits per heavy atom. The maximum Gasteiger partial charge on any atom is 0.246 e. The molecule has 2 aromatic rings. The highest BCUT2D eigenvalue weighted by atomic mass is 32.2. The first-order valence-electron chi connectivity index (χ1n) is 23.9. The lowest BCUT2D eigenvalue weighted by Gasteiger charge is -2.36. The number of thioether (sulfide) groups is 1. The molecule has 16 N–H and O–H groups in total. The number of hydrogen-bond donors (Lipinski definition) is 14. The third-order valence-electron chi connectivity index (χ3n) is 13.3. The van der Waals surface area contributed by atoms with Crippen molar-refractivity contribution < 1.29 is 63.6 Å². The van der Waals surface area contributed by atoms with Crippen LogP contribution in [0.4, 0.5) is 5.69 Å². The number of aromatic nitrogens is 1. The van der Waals surface area contributed by atoms with E-state index in [0.717, 1.165) is 16.7 Å². The Bertz CT molecular complexity index is 2330. The smallest absolute Gasteiger partial charge is 0.246 e. The molecule has 0 aliphatic carbocycles. The van der Waals surface area contributed by atoms with Crippen LogP contribution in [0.2, 0.25) is 0 Å². The van der Waals surface area contributed by atoms with E-state index in [4.69, 9.17) is 11.5 Å². The number of rotatable bonds is 17. The molecule has 9 atom stereocenters. The summed E-state index contributed by atoms with van der Waals surface area (Å²) in [4.78, 5) is 130. The van der Waals surface area contributed by atoms with E-state index in [1.807, 2.05) is 4.90 Å². The first kappa shape index (κ1) is 56.7. The molecule has 27 heteroatoms. The van der Waals surface area contributed by atoms with Crippen LogP contribution in [-0.2, 0) is 49.6 Å². The molecule has 3 aliphatic rings. The van der Waals surface area contributed by atoms with Crippen molar-refractivity contribution in [2.75, 3.05) is 83.2 Å². The van der Waals surface area contributed by atoms with Gasteiger partial charge in [0, 0.05) is 77.0 Å². The van der Waals surface area contributed by atoms with Crippen molar-refractivity contribution in [2.45, 2.75) is 93.9 Å². The quantitative estimate of drug-likeness (QED) is 0.0702. The van der Waals surface area contributed by atoms with Gasteiger partial charge in [-0.05, 0) is 23.6 Å². The number of benzene rings is 1. The standard InChI is InChI=1S/C45H69N13O13S/c1-5-22(2)36(42(69)50-17-33(64)48-4)53-34(65)18-49-40(67)27-15-26-25-6-7-30(61)39(57-12-10-56(9-8-46)11-13-57)38(25)55-44(26)72-21-35(66)51-28(16-32(47)63)45(71)58-19-24(60)14-29(58)41(68)54-37(43(70)52-27)23(3)31(62)20-59/h6-7,22-24,27-29,31,36-37,55,59-62H,5,8-21,46H2,1-4H3,(H2,47,63)(H,48,64)(H,49,67)(H,50,69)(H,51,66)(H,52,70)(H,53,65)(H,54,68)/t22-,23-,24+,27+,28-,29-,31-,36-,37-/m0/s1. The Kier molecular flexibility index (Phi) is 20.4. The minimum Gasteiger partial charge on any atom is -0.506 e. The number of hydrogen-bond acceptors (Lipinski definition) is 17. The lowest BCUT2D eigenvalue weighted by atomic mass is 9.93. The number of H-pyrrole nitrogens is 1. The van der Waals surface area contributed by atoms with Gasteiger partial charge in [-0.2, -0.15) is 0 Å². The number of aromatic amines is 1. The van der Waals surface area contributed by atoms with Gasteiger partial charge < -0.3 is 83.9 Å². The van der Waals surface area contributed by atoms with E-state index in [1.54, 1.807) is 19.9 Å². The van der Waals surface area contributed by atoms with Crippen LogP contribution in [0.25, 0.3) is 10.9 Å². The number of phenolic OH excluding ortho intramolecular Hbond substituents is 1. The molecular weight excluding hydrogens is 963 g/mol. The molecule has 0 radical (unpaired) electrons. The summed E-state index contributed by atoms with van der Waals surface area (Å²) in [6.45, 7) is 5.81. The monoisotopic (exact) mass is 1030 g/mol. The van der Waals surface area contributed by atoms with Crippen molar-refractivity contribution in [3.05, 3.63) is 17.7 Å². The average Bonchev–Trinajstić information content (AvgIpc) is 3.92. The second kappa shape index (κ2) is 25.9. The summed E-state index contributed by atoms with van der Waals surface area (Å²) in [7, 11) is 1.39. The number of carbonyl (C=O) groups is 9. The van der Waals surface area contributed by atoms with Crippen LogP contribution in [0.15, 0.2) is 17.2 Å². The van der Waals surface area contributed by atoms with Crippen molar-refractivity contribution in [3.8, 4) is 5.75 Å². The number of nitrogens with one attached hydrogen (secondary N) is 8. The van der Waals surface area contributed by atoms with Gasteiger partial charge in [0.15, 0.2) is 0 Å². The summed E-state index contributed by atoms with van der Waals surface area (Å²) in [6, 6.07) is -4.48. The molecule has 2 fully saturated rings. The average molecular weight is 1030 g/mol. The molecule has 0 bridgehead atoms. The van der Waals surface area contributed by atoms with E-state index in [9.17, 15) is 63.6 Å². The van der Waals surface area contributed by atoms with Gasteiger partial charge in [0.2, 0.25) is 53.2 Å². The zero-order valence-corrected chi connectivity index (χ0v) is 41.6. The summed E-state index contributed by atoms with van der Waals surface area (Å²) < 4.78 is 0. The van der Waals surface area contributed by atoms with Crippen LogP contribution >= 0.6 is 11.8 Å². The number of anilines is 1. The number of nitrogens with zero attached hydrogens (tertiary/aromatic N) is 3. The highest BCUT2D eigenvalue weighted by Crippen LogP contribution is 2.41. The van der Waals surface area contributed by atoms with E-state index < -0.39 is 139 Å². The normalized spacial score (nSPS) is 23.2. The molecule has 398 valence electrons. The molecule has 72 heavy (non-hydrogen) atoms. The first-order valence-corrected chi connectivity index (χ1v) is 24.9. The second-order valence-corrected chi connectivity index (χ2v) is 19.3. The molecule has 0 saturated carbocycles. The van der Waals surface area contributed by atoms with Crippen molar-refractivity contribution in [1.29, 1.82) is 0 Å². The van der Waals surface area contributed by atoms with Gasteiger partial charge in [-0.3, -0.25) is 48.1 Å². The third-order valence-corrected chi connectivity index (χ3v) is 14.3. The van der Waals surface area contributed by atoms with E-state index in [2.05, 4.69) is 47.1 Å². The van der Waals surface area contributed by atoms with Crippen molar-refractivity contribution >= 4 is 81.5 Å². The Morgan fingerprint density at radius 1 is 0.958 bits per heavy atom. The molecule has 1 aromatic heterocycles. The third kappa shape index (κ3) is 14.2. The summed E-state index contributed by atoms with van der Waals surface area (Å²) >= 11 is 0.928. The van der Waals surface area contributed by atoms with Gasteiger partial charge in [-0.1, -0.05) is 39.0 Å². The topological polar surface area (TPSA) is 396 Å². The van der Waals surface area contributed by atoms with Crippen LogP contribution in [0.3, 0.4) is 0 Å². The molecule has 0 unspecified atom stereocenters. The number of nitrogens with two attached hydrogens (primary N) is 2. The van der Waals surface area contributed by atoms with Crippen molar-refractivity contribution in [2.24, 2.45) is 23.3 Å². The first-order chi connectivity index (χ1) is 34.2. The van der Waals surface area contributed by atoms with Crippen LogP contribution in [0.1, 0.15) is 45.6 Å². The number of aliphatic hydroxyl groups excluding tert-OH is 3. The van der Waals surface area contributed by atoms with Crippen LogP contribution < -0.4 is 53.6 Å². The summed E-state index contributed by atoms with van der Waals surface area (Å²) in [6.07, 6.45) is -3.83. The van der Waals surface area contributed by atoms with Gasteiger partial charge in [0.05, 0.1) is 54.6 Å². The van der Waals surface area contributed by atoms with Crippen LogP contribution in [-0.4, -0.2) is 209 Å². The Labute approximate surface area is 419 Å². The number of primary amides is 1. The van der Waals surface area contributed by atoms with E-state index in [0.29, 0.717) is 67.8 Å². The van der Waals surface area contributed by atoms with E-state index >= 15 is 0 Å². The number of amides is 9. The minimum absolute atomic E-state index is 0.0916. The molecule has 2 saturated heterocycles. The highest BCUT2D eigenvalue weighted by Gasteiger charge is 2.44. The minimum atomic E-state index is -1.73. The maximum atomic E-state index is 14.7. The van der Waals surface area contributed by atoms with Gasteiger partial charge in [-0.15, -0.1) is 0 Å². The Balaban J connectivity index is 1.60. The molecule has 26 nitrogen and oxygen atoms in total. The summed E-state index contributed by atoms with van der Waals surface area (Å²) in [5.74, 6) is -9.77. The lowest BCUT2D eigenvalue weighted by molar-refractivity contribution is -0.143.